The van der Waals surface area contributed by atoms with E-state index in [0.29, 0.717) is 18.8 Å². The lowest BCUT2D eigenvalue weighted by molar-refractivity contribution is -0.125. The van der Waals surface area contributed by atoms with Crippen molar-refractivity contribution >= 4 is 17.9 Å². The lowest BCUT2D eigenvalue weighted by Crippen LogP contribution is -2.57. The van der Waals surface area contributed by atoms with E-state index >= 15 is 0 Å². The molecule has 0 bridgehead atoms. The van der Waals surface area contributed by atoms with Crippen LogP contribution < -0.4 is 5.32 Å². The number of carbonyl (C=O) groups is 2. The standard InChI is InChI=1S/C17H27N3O4/c1-16(2,3)10-11-9-13(24-19-11)18-14(21)12-7-8-20(12)15(22)23-17(4,5)6/h9,12H,7-8,10H2,1-6H3,(H,18,21). The van der Waals surface area contributed by atoms with Crippen LogP contribution in [0.3, 0.4) is 0 Å². The molecule has 1 saturated heterocycles. The van der Waals surface area contributed by atoms with E-state index in [-0.39, 0.29) is 11.3 Å². The minimum Gasteiger partial charge on any atom is -0.444 e. The van der Waals surface area contributed by atoms with Crippen LogP contribution in [0.5, 0.6) is 0 Å². The zero-order chi connectivity index (χ0) is 18.1. The second kappa shape index (κ2) is 6.45. The highest BCUT2D eigenvalue weighted by molar-refractivity contribution is 5.96. The van der Waals surface area contributed by atoms with Gasteiger partial charge < -0.3 is 9.26 Å². The number of likely N-dealkylation sites (tertiary alicyclic amines) is 1. The first-order valence-corrected chi connectivity index (χ1v) is 8.21. The highest BCUT2D eigenvalue weighted by Crippen LogP contribution is 2.24. The normalized spacial score (nSPS) is 18.1. The van der Waals surface area contributed by atoms with E-state index in [0.717, 1.165) is 12.1 Å². The predicted octanol–water partition coefficient (Wildman–Crippen LogP) is 3.21. The lowest BCUT2D eigenvalue weighted by Gasteiger charge is -2.39. The molecular weight excluding hydrogens is 310 g/mol. The first-order valence-electron chi connectivity index (χ1n) is 8.21. The smallest absolute Gasteiger partial charge is 0.410 e. The third-order valence-corrected chi connectivity index (χ3v) is 3.47. The summed E-state index contributed by atoms with van der Waals surface area (Å²) in [5.41, 5.74) is 0.288. The maximum Gasteiger partial charge on any atom is 0.410 e. The Balaban J connectivity index is 1.92. The van der Waals surface area contributed by atoms with Gasteiger partial charge in [0.2, 0.25) is 11.8 Å². The van der Waals surface area contributed by atoms with Crippen LogP contribution in [0.2, 0.25) is 0 Å². The Morgan fingerprint density at radius 1 is 1.33 bits per heavy atom. The molecule has 0 aliphatic carbocycles. The summed E-state index contributed by atoms with van der Waals surface area (Å²) >= 11 is 0. The van der Waals surface area contributed by atoms with Crippen molar-refractivity contribution in [2.45, 2.75) is 66.0 Å². The van der Waals surface area contributed by atoms with Crippen LogP contribution >= 0.6 is 0 Å². The molecule has 1 fully saturated rings. The number of amides is 2. The molecule has 0 aromatic carbocycles. The maximum atomic E-state index is 12.3. The Bertz CT molecular complexity index is 610. The molecule has 1 atom stereocenters. The minimum absolute atomic E-state index is 0.0830. The molecular formula is C17H27N3O4. The number of anilines is 1. The molecule has 0 saturated carbocycles. The second-order valence-corrected chi connectivity index (χ2v) is 8.39. The van der Waals surface area contributed by atoms with Crippen LogP contribution in [0.1, 0.15) is 53.7 Å². The SMILES string of the molecule is CC(C)(C)Cc1cc(NC(=O)C2CCN2C(=O)OC(C)(C)C)on1. The van der Waals surface area contributed by atoms with E-state index in [1.165, 1.54) is 4.90 Å². The van der Waals surface area contributed by atoms with E-state index in [9.17, 15) is 9.59 Å². The van der Waals surface area contributed by atoms with Crippen LogP contribution in [-0.2, 0) is 16.0 Å². The molecule has 1 aromatic heterocycles. The van der Waals surface area contributed by atoms with Crippen molar-refractivity contribution in [3.05, 3.63) is 11.8 Å². The summed E-state index contributed by atoms with van der Waals surface area (Å²) in [5, 5.41) is 6.65. The summed E-state index contributed by atoms with van der Waals surface area (Å²) < 4.78 is 10.5. The molecule has 134 valence electrons. The average Bonchev–Trinajstić information content (AvgIpc) is 2.68. The number of aromatic nitrogens is 1. The van der Waals surface area contributed by atoms with Gasteiger partial charge in [-0.15, -0.1) is 0 Å². The summed E-state index contributed by atoms with van der Waals surface area (Å²) in [6, 6.07) is 1.19. The van der Waals surface area contributed by atoms with Gasteiger partial charge in [0.05, 0.1) is 5.69 Å². The molecule has 7 nitrogen and oxygen atoms in total. The van der Waals surface area contributed by atoms with Gasteiger partial charge in [-0.3, -0.25) is 15.0 Å². The molecule has 0 radical (unpaired) electrons. The van der Waals surface area contributed by atoms with Gasteiger partial charge in [-0.1, -0.05) is 25.9 Å². The fourth-order valence-electron chi connectivity index (χ4n) is 2.40. The van der Waals surface area contributed by atoms with Crippen LogP contribution in [-0.4, -0.2) is 40.2 Å². The van der Waals surface area contributed by atoms with Crippen LogP contribution in [0.25, 0.3) is 0 Å². The van der Waals surface area contributed by atoms with Gasteiger partial charge in [0.15, 0.2) is 0 Å². The molecule has 1 N–H and O–H groups in total. The van der Waals surface area contributed by atoms with Crippen LogP contribution in [0.4, 0.5) is 10.7 Å². The first-order chi connectivity index (χ1) is 10.9. The van der Waals surface area contributed by atoms with Gasteiger partial charge in [0.1, 0.15) is 11.6 Å². The molecule has 1 unspecified atom stereocenters. The molecule has 2 rings (SSSR count). The highest BCUT2D eigenvalue weighted by atomic mass is 16.6. The van der Waals surface area contributed by atoms with E-state index in [1.54, 1.807) is 26.8 Å². The van der Waals surface area contributed by atoms with Gasteiger partial charge in [-0.25, -0.2) is 4.79 Å². The predicted molar refractivity (Wildman–Crippen MR) is 89.6 cm³/mol. The molecule has 0 spiro atoms. The summed E-state index contributed by atoms with van der Waals surface area (Å²) in [4.78, 5) is 25.8. The Morgan fingerprint density at radius 2 is 2.00 bits per heavy atom. The first kappa shape index (κ1) is 18.3. The minimum atomic E-state index is -0.583. The molecule has 2 heterocycles. The zero-order valence-electron chi connectivity index (χ0n) is 15.3. The average molecular weight is 337 g/mol. The largest absolute Gasteiger partial charge is 0.444 e. The monoisotopic (exact) mass is 337 g/mol. The number of ether oxygens (including phenoxy) is 1. The zero-order valence-corrected chi connectivity index (χ0v) is 15.3. The molecule has 7 heteroatoms. The van der Waals surface area contributed by atoms with Gasteiger partial charge in [0, 0.05) is 12.6 Å². The highest BCUT2D eigenvalue weighted by Gasteiger charge is 2.40. The van der Waals surface area contributed by atoms with Crippen molar-refractivity contribution in [1.82, 2.24) is 10.1 Å². The fourth-order valence-corrected chi connectivity index (χ4v) is 2.40. The van der Waals surface area contributed by atoms with Crippen molar-refractivity contribution in [3.63, 3.8) is 0 Å². The Labute approximate surface area is 142 Å². The van der Waals surface area contributed by atoms with Gasteiger partial charge in [0.25, 0.3) is 0 Å². The maximum absolute atomic E-state index is 12.3. The Morgan fingerprint density at radius 3 is 2.50 bits per heavy atom. The quantitative estimate of drug-likeness (QED) is 0.915. The molecule has 1 aliphatic heterocycles. The third-order valence-electron chi connectivity index (χ3n) is 3.47. The van der Waals surface area contributed by atoms with Crippen molar-refractivity contribution in [3.8, 4) is 0 Å². The topological polar surface area (TPSA) is 84.7 Å². The van der Waals surface area contributed by atoms with E-state index in [2.05, 4.69) is 31.2 Å². The Hall–Kier alpha value is -2.05. The number of nitrogens with zero attached hydrogens (tertiary/aromatic N) is 2. The number of carbonyl (C=O) groups excluding carboxylic acids is 2. The van der Waals surface area contributed by atoms with Crippen molar-refractivity contribution in [2.75, 3.05) is 11.9 Å². The van der Waals surface area contributed by atoms with E-state index in [1.807, 2.05) is 0 Å². The molecule has 2 amide bonds. The van der Waals surface area contributed by atoms with Crippen molar-refractivity contribution < 1.29 is 18.8 Å². The third kappa shape index (κ3) is 4.97. The summed E-state index contributed by atoms with van der Waals surface area (Å²) in [7, 11) is 0. The van der Waals surface area contributed by atoms with E-state index in [4.69, 9.17) is 9.26 Å². The number of hydrogen-bond donors (Lipinski definition) is 1. The second-order valence-electron chi connectivity index (χ2n) is 8.39. The van der Waals surface area contributed by atoms with Crippen molar-refractivity contribution in [2.24, 2.45) is 5.41 Å². The van der Waals surface area contributed by atoms with Gasteiger partial charge in [-0.2, -0.15) is 0 Å². The number of rotatable bonds is 3. The number of hydrogen-bond acceptors (Lipinski definition) is 5. The van der Waals surface area contributed by atoms with Crippen LogP contribution in [0, 0.1) is 5.41 Å². The molecule has 1 aromatic rings. The Kier molecular flexibility index (Phi) is 4.92. The molecule has 24 heavy (non-hydrogen) atoms. The molecule has 1 aliphatic rings. The lowest BCUT2D eigenvalue weighted by atomic mass is 9.91. The van der Waals surface area contributed by atoms with Crippen molar-refractivity contribution in [1.29, 1.82) is 0 Å². The number of nitrogens with one attached hydrogen (secondary N) is 1. The summed E-state index contributed by atoms with van der Waals surface area (Å²) in [6.45, 7) is 12.2. The van der Waals surface area contributed by atoms with E-state index < -0.39 is 17.7 Å². The van der Waals surface area contributed by atoms with Gasteiger partial charge >= 0.3 is 6.09 Å². The summed E-state index contributed by atoms with van der Waals surface area (Å²) in [5.74, 6) is 0.0147. The summed E-state index contributed by atoms with van der Waals surface area (Å²) in [6.07, 6.45) is 0.883. The fraction of sp³-hybridized carbons (Fsp3) is 0.706. The van der Waals surface area contributed by atoms with Gasteiger partial charge in [-0.05, 0) is 39.0 Å². The van der Waals surface area contributed by atoms with Crippen LogP contribution in [0.15, 0.2) is 10.6 Å².